The number of nitrogens with two attached hydrogens (primary N) is 1. The number of allylic oxidation sites excluding steroid dienone is 1. The fourth-order valence-corrected chi connectivity index (χ4v) is 8.93. The number of nitrogens with one attached hydrogen (secondary N) is 5. The van der Waals surface area contributed by atoms with E-state index in [-0.39, 0.29) is 90.7 Å². The van der Waals surface area contributed by atoms with Crippen LogP contribution in [0.4, 0.5) is 15.3 Å². The predicted octanol–water partition coefficient (Wildman–Crippen LogP) is 10.1. The van der Waals surface area contributed by atoms with E-state index in [9.17, 15) is 54.3 Å². The molecule has 12 N–H and O–H groups in total. The Bertz CT molecular complexity index is 3580. The number of carbonyl (C=O) groups is 6. The van der Waals surface area contributed by atoms with Crippen LogP contribution < -0.4 is 32.3 Å². The van der Waals surface area contributed by atoms with Crippen molar-refractivity contribution in [2.24, 2.45) is 17.6 Å². The number of urea groups is 1. The summed E-state index contributed by atoms with van der Waals surface area (Å²) in [4.78, 5) is 77.0. The zero-order valence-electron chi connectivity index (χ0n) is 54.5. The van der Waals surface area contributed by atoms with Gasteiger partial charge >= 0.3 is 12.1 Å². The van der Waals surface area contributed by atoms with Crippen molar-refractivity contribution in [3.8, 4) is 142 Å². The Morgan fingerprint density at radius 1 is 0.663 bits per heavy atom. The first-order valence-corrected chi connectivity index (χ1v) is 31.6. The maximum atomic E-state index is 13.6. The quantitative estimate of drug-likeness (QED) is 0.0168. The van der Waals surface area contributed by atoms with Gasteiger partial charge in [-0.3, -0.25) is 19.2 Å². The van der Waals surface area contributed by atoms with Gasteiger partial charge in [-0.25, -0.2) is 9.59 Å². The van der Waals surface area contributed by atoms with E-state index in [2.05, 4.69) is 182 Å². The molecule has 6 amide bonds. The Hall–Kier alpha value is -9.98. The highest BCUT2D eigenvalue weighted by atomic mass is 16.7. The van der Waals surface area contributed by atoms with Crippen LogP contribution in [0.3, 0.4) is 0 Å². The molecule has 20 heteroatoms. The number of carbonyl (C=O) groups excluding carboxylic acids is 6. The molecule has 95 heavy (non-hydrogen) atoms. The molecule has 1 saturated heterocycles. The standard InChI is InChI=1S/C75H86N6O14.24H2/c1-6-9-12-14-16-18-20-22-23-24-25-26-27-28-29-30-31-32-34-36-38-40-42-47-65(84)80-61(68(86)62(82)45-41-39-37-35-33-21-19-17-15-13-10-7-2)56-93-73-71(89)70(88)69(87)64(95-73)54-78-75(92)94-55-58-48-50-60(51-49-58)79-72(90)59(44-43-52-77-74(76)91)53-63(83)67(57(4)5)81-66(85)46-11-8-3;;;;;;;;;;;;;;;;;;;;;;;;/h8,48-51,57,59,61-62,64,67-71,73,82,86-89H,3,7,10-11,13,15,17,19,21,33,35,37,39,41,43-46,52-56H2,1-2,4-5H3,(H,78,92)(H,79,90)(H,80,84)(H,81,85)(H3,76,77,91);24*1H/t59?,61-,62+,64?,67?,68-,69-,70-,71?,73-;;;;;;;;;;;;;;;;;;;;;;;;/m0......................../s1. The average molecular weight is 1340 g/mol. The first-order valence-electron chi connectivity index (χ1n) is 31.6. The van der Waals surface area contributed by atoms with E-state index in [1.54, 1.807) is 51.1 Å². The van der Waals surface area contributed by atoms with E-state index in [0.717, 1.165) is 25.7 Å². The Balaban J connectivity index is -0.000000183. The summed E-state index contributed by atoms with van der Waals surface area (Å²) in [6, 6.07) is 3.36. The van der Waals surface area contributed by atoms with E-state index < -0.39 is 98.0 Å². The van der Waals surface area contributed by atoms with Crippen LogP contribution in [0.2, 0.25) is 0 Å². The normalized spacial score (nSPS) is 15.9. The second-order valence-electron chi connectivity index (χ2n) is 21.8. The van der Waals surface area contributed by atoms with Crippen LogP contribution in [0.15, 0.2) is 36.9 Å². The molecular weight excluding hydrogens is 1210 g/mol. The summed E-state index contributed by atoms with van der Waals surface area (Å²) in [6.07, 6.45) is 3.41. The van der Waals surface area contributed by atoms with E-state index in [0.29, 0.717) is 30.5 Å². The van der Waals surface area contributed by atoms with Crippen molar-refractivity contribution in [2.45, 2.75) is 205 Å². The molecule has 0 aliphatic carbocycles. The van der Waals surface area contributed by atoms with Gasteiger partial charge in [0.05, 0.1) is 24.8 Å². The van der Waals surface area contributed by atoms with Crippen molar-refractivity contribution < 1.29 is 103 Å². The fourth-order valence-electron chi connectivity index (χ4n) is 8.93. The number of aliphatic hydroxyl groups is 5. The van der Waals surface area contributed by atoms with Crippen LogP contribution in [-0.2, 0) is 40.0 Å². The molecule has 548 valence electrons. The summed E-state index contributed by atoms with van der Waals surface area (Å²) >= 11 is 0. The van der Waals surface area contributed by atoms with Crippen molar-refractivity contribution in [2.75, 3.05) is 25.0 Å². The smallest absolute Gasteiger partial charge is 0.407 e. The topological polar surface area (TPSA) is 317 Å². The highest BCUT2D eigenvalue weighted by Crippen LogP contribution is 2.24. The first-order chi connectivity index (χ1) is 45.9. The van der Waals surface area contributed by atoms with E-state index in [1.165, 1.54) is 44.9 Å². The van der Waals surface area contributed by atoms with Crippen LogP contribution in [0.5, 0.6) is 0 Å². The number of alkyl carbamates (subject to hydrolysis) is 1. The van der Waals surface area contributed by atoms with Crippen LogP contribution >= 0.6 is 0 Å². The van der Waals surface area contributed by atoms with E-state index >= 15 is 0 Å². The maximum Gasteiger partial charge on any atom is 0.407 e. The number of hydrogen-bond donors (Lipinski definition) is 11. The molecule has 1 aromatic carbocycles. The number of benzene rings is 1. The molecule has 1 aromatic rings. The highest BCUT2D eigenvalue weighted by Gasteiger charge is 2.45. The van der Waals surface area contributed by atoms with Crippen LogP contribution in [0.1, 0.15) is 183 Å². The molecule has 0 bridgehead atoms. The lowest BCUT2D eigenvalue weighted by molar-refractivity contribution is -0.297. The van der Waals surface area contributed by atoms with Gasteiger partial charge in [-0.05, 0) is 151 Å². The molecule has 0 radical (unpaired) electrons. The molecular formula is C75H134N6O14. The van der Waals surface area contributed by atoms with Crippen molar-refractivity contribution >= 4 is 41.3 Å². The van der Waals surface area contributed by atoms with Crippen molar-refractivity contribution in [3.63, 3.8) is 0 Å². The second-order valence-corrected chi connectivity index (χ2v) is 21.8. The highest BCUT2D eigenvalue weighted by molar-refractivity contribution is 5.97. The van der Waals surface area contributed by atoms with Gasteiger partial charge in [-0.15, -0.1) is 6.58 Å². The predicted molar refractivity (Wildman–Crippen MR) is 411 cm³/mol. The number of hydrogen-bond acceptors (Lipinski definition) is 14. The summed E-state index contributed by atoms with van der Waals surface area (Å²) in [5.41, 5.74) is 6.06. The van der Waals surface area contributed by atoms with Crippen LogP contribution in [0.25, 0.3) is 0 Å². The van der Waals surface area contributed by atoms with Gasteiger partial charge in [0.1, 0.15) is 37.1 Å². The van der Waals surface area contributed by atoms with E-state index in [4.69, 9.17) is 19.9 Å². The van der Waals surface area contributed by atoms with Gasteiger partial charge < -0.3 is 72.1 Å². The lowest BCUT2D eigenvalue weighted by Crippen LogP contribution is -2.61. The zero-order valence-corrected chi connectivity index (χ0v) is 54.5. The van der Waals surface area contributed by atoms with Gasteiger partial charge in [0.25, 0.3) is 5.91 Å². The number of primary amides is 1. The number of unbranched alkanes of at least 4 members (excludes halogenated alkanes) is 11. The van der Waals surface area contributed by atoms with Gasteiger partial charge in [-0.1, -0.05) is 122 Å². The fraction of sp³-hybridized carbons (Fsp3) is 0.493. The lowest BCUT2D eigenvalue weighted by Gasteiger charge is -2.41. The summed E-state index contributed by atoms with van der Waals surface area (Å²) in [7, 11) is 0. The number of ketones is 1. The molecule has 0 aromatic heterocycles. The zero-order chi connectivity index (χ0) is 69.7. The summed E-state index contributed by atoms with van der Waals surface area (Å²) in [5, 5.41) is 68.1. The number of ether oxygens (including phenoxy) is 3. The first kappa shape index (κ1) is 81.1. The lowest BCUT2D eigenvalue weighted by atomic mass is 9.89. The van der Waals surface area contributed by atoms with Crippen LogP contribution in [0, 0.1) is 154 Å². The van der Waals surface area contributed by atoms with Gasteiger partial charge in [-0.2, -0.15) is 0 Å². The number of Topliss-reactive ketones (excluding diaryl/α,β-unsaturated/α-hetero) is 1. The van der Waals surface area contributed by atoms with Crippen molar-refractivity contribution in [1.82, 2.24) is 21.3 Å². The molecule has 20 nitrogen and oxygen atoms in total. The molecule has 1 heterocycles. The van der Waals surface area contributed by atoms with Crippen LogP contribution in [-0.4, -0.2) is 136 Å². The van der Waals surface area contributed by atoms with E-state index in [1.807, 2.05) is 0 Å². The molecule has 0 saturated carbocycles. The summed E-state index contributed by atoms with van der Waals surface area (Å²) < 4.78 is 16.9. The maximum absolute atomic E-state index is 13.6. The molecule has 1 aliphatic rings. The van der Waals surface area contributed by atoms with Gasteiger partial charge in [0.2, 0.25) is 11.8 Å². The molecule has 10 atom stereocenters. The number of rotatable bonds is 37. The molecule has 1 fully saturated rings. The molecule has 0 spiro atoms. The van der Waals surface area contributed by atoms with Crippen molar-refractivity contribution in [1.29, 1.82) is 0 Å². The Morgan fingerprint density at radius 2 is 1.18 bits per heavy atom. The molecule has 2 rings (SSSR count). The number of aliphatic hydroxyl groups excluding tert-OH is 5. The Kier molecular flexibility index (Phi) is 44.0. The third-order valence-corrected chi connectivity index (χ3v) is 14.0. The summed E-state index contributed by atoms with van der Waals surface area (Å²) in [5.74, 6) is 56.2. The largest absolute Gasteiger partial charge is 0.445 e. The minimum Gasteiger partial charge on any atom is -0.445 e. The van der Waals surface area contributed by atoms with Gasteiger partial charge in [0.15, 0.2) is 12.1 Å². The third-order valence-electron chi connectivity index (χ3n) is 14.0. The minimum absolute atomic E-state index is 0. The minimum atomic E-state index is -1.85. The Morgan fingerprint density at radius 3 is 1.68 bits per heavy atom. The Labute approximate surface area is 596 Å². The SMILES string of the molecule is C=CCCC(=O)NC(C(=O)CC(CCCNC(N)=O)C(=O)Nc1ccc(COC(=O)NCC2O[C@H](OC[C@H](NC(=O)C#CC#CC#CC#CC#CC#CC#CC#CC#CC#CC#CC#CC)[C@H](O)[C@H](O)CCCCCCCCCCCCCC)C(O)[C@@H](O)[C@H]2O)cc1)C(C)C.[HH].[HH].[HH].[HH].[HH].[HH].[HH].[HH].[HH].[HH].[HH].[HH].[HH].[HH].[HH].[HH].[HH].[HH].[HH].[HH].[HH].[HH].[HH].[HH]. The van der Waals surface area contributed by atoms with Gasteiger partial charge in [0, 0.05) is 113 Å². The monoisotopic (exact) mass is 1340 g/mol. The average Bonchev–Trinajstić information content (AvgIpc) is 0.813. The van der Waals surface area contributed by atoms with Crippen molar-refractivity contribution in [3.05, 3.63) is 42.5 Å². The molecule has 4 unspecified atom stereocenters. The molecule has 1 aliphatic heterocycles. The number of anilines is 1. The summed E-state index contributed by atoms with van der Waals surface area (Å²) in [6.45, 7) is 9.92. The second kappa shape index (κ2) is 51.5. The third kappa shape index (κ3) is 38.6. The number of amides is 6.